The molecule has 4 rings (SSSR count). The largest absolute Gasteiger partial charge is 0.435 e. The van der Waals surface area contributed by atoms with E-state index in [-0.39, 0.29) is 17.4 Å². The van der Waals surface area contributed by atoms with Gasteiger partial charge in [-0.2, -0.15) is 13.8 Å². The minimum Gasteiger partial charge on any atom is -0.435 e. The lowest BCUT2D eigenvalue weighted by molar-refractivity contribution is -0.134. The van der Waals surface area contributed by atoms with E-state index in [0.29, 0.717) is 17.0 Å². The van der Waals surface area contributed by atoms with Crippen LogP contribution in [-0.4, -0.2) is 29.3 Å². The van der Waals surface area contributed by atoms with Gasteiger partial charge in [0.2, 0.25) is 5.91 Å². The molecule has 3 aromatic carbocycles. The Morgan fingerprint density at radius 1 is 0.944 bits per heavy atom. The quantitative estimate of drug-likeness (QED) is 0.432. The van der Waals surface area contributed by atoms with Crippen LogP contribution in [0.5, 0.6) is 5.75 Å². The molecule has 0 aromatic heterocycles. The zero-order valence-corrected chi connectivity index (χ0v) is 19.8. The Kier molecular flexibility index (Phi) is 7.53. The number of amidine groups is 1. The van der Waals surface area contributed by atoms with E-state index in [1.54, 1.807) is 30.3 Å². The summed E-state index contributed by atoms with van der Waals surface area (Å²) >= 11 is 0. The van der Waals surface area contributed by atoms with E-state index >= 15 is 0 Å². The fraction of sp³-hybridized carbons (Fsp3) is 0.179. The summed E-state index contributed by atoms with van der Waals surface area (Å²) in [5.74, 6) is -1.39. The van der Waals surface area contributed by atoms with E-state index in [2.05, 4.69) is 15.2 Å². The summed E-state index contributed by atoms with van der Waals surface area (Å²) in [6.45, 7) is 0.800. The molecule has 2 amide bonds. The van der Waals surface area contributed by atoms with Gasteiger partial charge in [-0.1, -0.05) is 86.6 Å². The molecule has 184 valence electrons. The maximum Gasteiger partial charge on any atom is 0.387 e. The first kappa shape index (κ1) is 24.8. The fourth-order valence-corrected chi connectivity index (χ4v) is 3.98. The monoisotopic (exact) mass is 489 g/mol. The molecule has 0 fully saturated rings. The minimum atomic E-state index is -2.94. The lowest BCUT2D eigenvalue weighted by Gasteiger charge is -2.25. The van der Waals surface area contributed by atoms with Crippen molar-refractivity contribution in [3.05, 3.63) is 107 Å². The van der Waals surface area contributed by atoms with Crippen molar-refractivity contribution in [2.75, 3.05) is 0 Å². The van der Waals surface area contributed by atoms with Crippen molar-refractivity contribution in [1.82, 2.24) is 10.4 Å². The summed E-state index contributed by atoms with van der Waals surface area (Å²) in [6.07, 6.45) is 1.67. The van der Waals surface area contributed by atoms with Crippen molar-refractivity contribution in [2.45, 2.75) is 26.4 Å². The molecule has 1 atom stereocenters. The Hall–Kier alpha value is -4.33. The van der Waals surface area contributed by atoms with E-state index < -0.39 is 24.3 Å². The molecule has 0 bridgehead atoms. The molecule has 3 aromatic rings. The summed E-state index contributed by atoms with van der Waals surface area (Å²) in [5.41, 5.74) is 5.00. The van der Waals surface area contributed by atoms with Crippen molar-refractivity contribution in [3.63, 3.8) is 0 Å². The molecule has 1 heterocycles. The van der Waals surface area contributed by atoms with Crippen molar-refractivity contribution in [1.29, 1.82) is 0 Å². The van der Waals surface area contributed by atoms with Crippen molar-refractivity contribution < 1.29 is 23.1 Å². The fourth-order valence-electron chi connectivity index (χ4n) is 3.98. The topological polar surface area (TPSA) is 71.0 Å². The molecular formula is C28H25F2N3O3. The first-order valence-electron chi connectivity index (χ1n) is 11.4. The first-order valence-corrected chi connectivity index (χ1v) is 11.4. The lowest BCUT2D eigenvalue weighted by Crippen LogP contribution is -2.49. The molecule has 36 heavy (non-hydrogen) atoms. The van der Waals surface area contributed by atoms with E-state index in [1.165, 1.54) is 12.1 Å². The van der Waals surface area contributed by atoms with E-state index in [4.69, 9.17) is 0 Å². The molecule has 0 saturated heterocycles. The number of nitrogens with zero attached hydrogens (tertiary/aromatic N) is 2. The van der Waals surface area contributed by atoms with E-state index in [1.807, 2.05) is 62.4 Å². The van der Waals surface area contributed by atoms with Gasteiger partial charge in [-0.05, 0) is 35.3 Å². The number of amides is 2. The minimum absolute atomic E-state index is 0.000531. The second-order valence-corrected chi connectivity index (χ2v) is 8.53. The number of aliphatic imine (C=N–C) groups is 1. The van der Waals surface area contributed by atoms with Gasteiger partial charge in [0.15, 0.2) is 5.84 Å². The number of benzene rings is 3. The highest BCUT2D eigenvalue weighted by Crippen LogP contribution is 2.28. The third kappa shape index (κ3) is 5.66. The second-order valence-electron chi connectivity index (χ2n) is 8.53. The van der Waals surface area contributed by atoms with Gasteiger partial charge < -0.3 is 4.74 Å². The van der Waals surface area contributed by atoms with Gasteiger partial charge in [-0.25, -0.2) is 4.99 Å². The van der Waals surface area contributed by atoms with Gasteiger partial charge in [-0.15, -0.1) is 0 Å². The van der Waals surface area contributed by atoms with Crippen LogP contribution in [0.25, 0.3) is 6.08 Å². The molecule has 0 saturated carbocycles. The van der Waals surface area contributed by atoms with Crippen LogP contribution in [0.4, 0.5) is 8.78 Å². The summed E-state index contributed by atoms with van der Waals surface area (Å²) in [4.78, 5) is 31.3. The molecule has 8 heteroatoms. The highest BCUT2D eigenvalue weighted by atomic mass is 19.3. The zero-order valence-electron chi connectivity index (χ0n) is 19.8. The maximum absolute atomic E-state index is 13.5. The van der Waals surface area contributed by atoms with Gasteiger partial charge >= 0.3 is 6.61 Å². The van der Waals surface area contributed by atoms with Crippen LogP contribution in [0.15, 0.2) is 95.6 Å². The number of carbonyl (C=O) groups excluding carboxylic acids is 2. The molecular weight excluding hydrogens is 464 g/mol. The summed E-state index contributed by atoms with van der Waals surface area (Å²) in [5, 5.41) is 1.16. The van der Waals surface area contributed by atoms with Gasteiger partial charge in [0.25, 0.3) is 5.91 Å². The average molecular weight is 490 g/mol. The lowest BCUT2D eigenvalue weighted by atomic mass is 9.88. The summed E-state index contributed by atoms with van der Waals surface area (Å²) in [6, 6.07) is 24.3. The molecule has 0 aliphatic carbocycles. The third-order valence-corrected chi connectivity index (χ3v) is 5.63. The number of ether oxygens (including phenoxy) is 1. The summed E-state index contributed by atoms with van der Waals surface area (Å²) < 4.78 is 29.4. The Balaban J connectivity index is 1.63. The zero-order chi connectivity index (χ0) is 25.7. The standard InChI is InChI=1S/C28H25F2N3O3/c1-18(2)24(20-13-15-22(16-14-20)36-28(29)30)26(34)32-33-25(21-11-7-4-8-12-21)31-23(27(33)35)17-19-9-5-3-6-10-19/h3-18,24,28H,1-2H3,(H,32,34)/b23-17-. The normalized spacial score (nSPS) is 15.4. The highest BCUT2D eigenvalue weighted by molar-refractivity contribution is 6.20. The maximum atomic E-state index is 13.5. The number of rotatable bonds is 8. The summed E-state index contributed by atoms with van der Waals surface area (Å²) in [7, 11) is 0. The van der Waals surface area contributed by atoms with Crippen LogP contribution in [0, 0.1) is 5.92 Å². The van der Waals surface area contributed by atoms with E-state index in [0.717, 1.165) is 10.6 Å². The Morgan fingerprint density at radius 2 is 1.56 bits per heavy atom. The van der Waals surface area contributed by atoms with Crippen molar-refractivity contribution in [3.8, 4) is 5.75 Å². The molecule has 1 unspecified atom stereocenters. The Labute approximate surface area is 207 Å². The number of hydrazine groups is 1. The second kappa shape index (κ2) is 10.9. The van der Waals surface area contributed by atoms with Gasteiger partial charge in [0, 0.05) is 5.56 Å². The molecule has 0 radical (unpaired) electrons. The predicted molar refractivity (Wildman–Crippen MR) is 133 cm³/mol. The molecule has 1 aliphatic rings. The van der Waals surface area contributed by atoms with Gasteiger partial charge in [-0.3, -0.25) is 15.0 Å². The third-order valence-electron chi connectivity index (χ3n) is 5.63. The van der Waals surface area contributed by atoms with Crippen LogP contribution < -0.4 is 10.2 Å². The number of alkyl halides is 2. The SMILES string of the molecule is CC(C)C(C(=O)NN1C(=O)/C(=C/c2ccccc2)N=C1c1ccccc1)c1ccc(OC(F)F)cc1. The van der Waals surface area contributed by atoms with Crippen LogP contribution in [0.3, 0.4) is 0 Å². The molecule has 0 spiro atoms. The van der Waals surface area contributed by atoms with Crippen LogP contribution in [-0.2, 0) is 9.59 Å². The van der Waals surface area contributed by atoms with Crippen LogP contribution in [0.2, 0.25) is 0 Å². The smallest absolute Gasteiger partial charge is 0.387 e. The number of halogens is 2. The molecule has 1 aliphatic heterocycles. The number of hydrogen-bond acceptors (Lipinski definition) is 4. The Morgan fingerprint density at radius 3 is 2.14 bits per heavy atom. The van der Waals surface area contributed by atoms with Gasteiger partial charge in [0.1, 0.15) is 11.4 Å². The number of nitrogens with one attached hydrogen (secondary N) is 1. The average Bonchev–Trinajstić information content (AvgIpc) is 3.16. The van der Waals surface area contributed by atoms with E-state index in [9.17, 15) is 18.4 Å². The van der Waals surface area contributed by atoms with Crippen LogP contribution in [0.1, 0.15) is 36.5 Å². The predicted octanol–water partition coefficient (Wildman–Crippen LogP) is 5.39. The van der Waals surface area contributed by atoms with Gasteiger partial charge in [0.05, 0.1) is 5.92 Å². The number of hydrogen-bond donors (Lipinski definition) is 1. The first-order chi connectivity index (χ1) is 17.3. The molecule has 1 N–H and O–H groups in total. The number of carbonyl (C=O) groups is 2. The Bertz CT molecular complexity index is 1270. The van der Waals surface area contributed by atoms with Crippen molar-refractivity contribution >= 4 is 23.7 Å². The highest BCUT2D eigenvalue weighted by Gasteiger charge is 2.35. The molecule has 6 nitrogen and oxygen atoms in total. The van der Waals surface area contributed by atoms with Crippen molar-refractivity contribution in [2.24, 2.45) is 10.9 Å². The van der Waals surface area contributed by atoms with Crippen LogP contribution >= 0.6 is 0 Å².